The Morgan fingerprint density at radius 3 is 1.82 bits per heavy atom. The number of terminal acetylenes is 1. The van der Waals surface area contributed by atoms with Crippen LogP contribution in [0.4, 0.5) is 0 Å². The van der Waals surface area contributed by atoms with Crippen molar-refractivity contribution in [3.8, 4) is 36.3 Å². The van der Waals surface area contributed by atoms with Crippen LogP contribution in [0.5, 0.6) is 0 Å². The maximum Gasteiger partial charge on any atom is 0.100 e. The summed E-state index contributed by atoms with van der Waals surface area (Å²) >= 11 is 0. The zero-order valence-corrected chi connectivity index (χ0v) is 10.1. The van der Waals surface area contributed by atoms with Crippen LogP contribution in [0.15, 0.2) is 12.1 Å². The molecule has 0 N–H and O–H groups in total. The molecule has 0 amide bonds. The highest BCUT2D eigenvalue weighted by Crippen LogP contribution is 2.14. The van der Waals surface area contributed by atoms with Gasteiger partial charge in [-0.3, -0.25) is 0 Å². The van der Waals surface area contributed by atoms with Crippen molar-refractivity contribution in [2.45, 2.75) is 20.8 Å². The fraction of sp³-hybridized carbons (Fsp3) is 0.200. The Morgan fingerprint density at radius 1 is 0.941 bits per heavy atom. The van der Waals surface area contributed by atoms with Gasteiger partial charge in [0, 0.05) is 11.1 Å². The van der Waals surface area contributed by atoms with Crippen molar-refractivity contribution >= 4 is 0 Å². The first-order valence-corrected chi connectivity index (χ1v) is 5.14. The van der Waals surface area contributed by atoms with E-state index in [9.17, 15) is 0 Å². The van der Waals surface area contributed by atoms with Gasteiger partial charge < -0.3 is 0 Å². The number of hydrogen-bond donors (Lipinski definition) is 0. The highest BCUT2D eigenvalue weighted by atomic mass is 14.3. The molecule has 0 unspecified atom stereocenters. The van der Waals surface area contributed by atoms with E-state index in [1.165, 1.54) is 6.07 Å². The van der Waals surface area contributed by atoms with Crippen LogP contribution < -0.4 is 0 Å². The number of hydrogen-bond acceptors (Lipinski definition) is 2. The van der Waals surface area contributed by atoms with E-state index in [0.717, 1.165) is 0 Å². The fourth-order valence-electron chi connectivity index (χ4n) is 1.14. The van der Waals surface area contributed by atoms with Crippen molar-refractivity contribution in [1.82, 2.24) is 0 Å². The average Bonchev–Trinajstić information content (AvgIpc) is 2.40. The molecule has 0 radical (unpaired) electrons. The second kappa shape index (κ2) is 7.59. The van der Waals surface area contributed by atoms with Crippen molar-refractivity contribution in [3.05, 3.63) is 34.4 Å². The summed E-state index contributed by atoms with van der Waals surface area (Å²) in [5, 5.41) is 17.7. The van der Waals surface area contributed by atoms with E-state index >= 15 is 0 Å². The lowest BCUT2D eigenvalue weighted by molar-refractivity contribution is 1.42. The third-order valence-corrected chi connectivity index (χ3v) is 1.81. The summed E-state index contributed by atoms with van der Waals surface area (Å²) < 4.78 is 0. The topological polar surface area (TPSA) is 47.6 Å². The molecule has 1 aromatic carbocycles. The van der Waals surface area contributed by atoms with Crippen LogP contribution in [0.1, 0.15) is 43.0 Å². The van der Waals surface area contributed by atoms with Gasteiger partial charge in [0.05, 0.1) is 11.1 Å². The highest BCUT2D eigenvalue weighted by molar-refractivity contribution is 5.59. The molecule has 0 bridgehead atoms. The van der Waals surface area contributed by atoms with Gasteiger partial charge in [-0.2, -0.15) is 10.5 Å². The molecule has 0 heterocycles. The van der Waals surface area contributed by atoms with E-state index < -0.39 is 0 Å². The predicted molar refractivity (Wildman–Crippen MR) is 67.7 cm³/mol. The third kappa shape index (κ3) is 3.43. The van der Waals surface area contributed by atoms with Crippen LogP contribution in [0.3, 0.4) is 0 Å². The van der Waals surface area contributed by atoms with Crippen molar-refractivity contribution in [2.24, 2.45) is 0 Å². The molecule has 0 aliphatic carbocycles. The van der Waals surface area contributed by atoms with Crippen LogP contribution in [-0.2, 0) is 0 Å². The Labute approximate surface area is 103 Å². The predicted octanol–water partition coefficient (Wildman–Crippen LogP) is 2.81. The second-order valence-corrected chi connectivity index (χ2v) is 2.69. The minimum atomic E-state index is 0.370. The summed E-state index contributed by atoms with van der Waals surface area (Å²) in [6, 6.07) is 7.03. The molecular weight excluding hydrogens is 208 g/mol. The number of nitriles is 2. The van der Waals surface area contributed by atoms with E-state index in [1.54, 1.807) is 13.0 Å². The van der Waals surface area contributed by atoms with Gasteiger partial charge in [0.1, 0.15) is 12.1 Å². The van der Waals surface area contributed by atoms with Crippen molar-refractivity contribution in [2.75, 3.05) is 0 Å². The molecule has 17 heavy (non-hydrogen) atoms. The Hall–Kier alpha value is -2.68. The largest absolute Gasteiger partial charge is 0.192 e. The van der Waals surface area contributed by atoms with Crippen LogP contribution in [-0.4, -0.2) is 0 Å². The zero-order valence-electron chi connectivity index (χ0n) is 10.1. The van der Waals surface area contributed by atoms with Crippen molar-refractivity contribution in [1.29, 1.82) is 10.5 Å². The van der Waals surface area contributed by atoms with Gasteiger partial charge >= 0.3 is 0 Å². The summed E-state index contributed by atoms with van der Waals surface area (Å²) in [6.45, 7) is 5.67. The molecular formula is C15H12N2. The summed E-state index contributed by atoms with van der Waals surface area (Å²) in [6.07, 6.45) is 5.23. The molecule has 0 saturated heterocycles. The van der Waals surface area contributed by atoms with Gasteiger partial charge in [-0.05, 0) is 19.1 Å². The van der Waals surface area contributed by atoms with Gasteiger partial charge in [-0.1, -0.05) is 25.7 Å². The molecule has 0 aliphatic heterocycles. The average molecular weight is 220 g/mol. The summed E-state index contributed by atoms with van der Waals surface area (Å²) in [4.78, 5) is 0. The molecule has 82 valence electrons. The SMILES string of the molecule is C#Cc1cc(C#N)c(C#CC)cc1C#N.CC. The minimum absolute atomic E-state index is 0.370. The van der Waals surface area contributed by atoms with Gasteiger partial charge in [0.2, 0.25) is 0 Å². The van der Waals surface area contributed by atoms with Crippen LogP contribution in [0.2, 0.25) is 0 Å². The lowest BCUT2D eigenvalue weighted by atomic mass is 10.00. The number of benzene rings is 1. The molecule has 2 nitrogen and oxygen atoms in total. The molecule has 0 saturated carbocycles. The van der Waals surface area contributed by atoms with E-state index in [4.69, 9.17) is 16.9 Å². The van der Waals surface area contributed by atoms with Gasteiger partial charge in [-0.15, -0.1) is 12.3 Å². The minimum Gasteiger partial charge on any atom is -0.192 e. The zero-order chi connectivity index (χ0) is 13.3. The van der Waals surface area contributed by atoms with Gasteiger partial charge in [0.15, 0.2) is 0 Å². The molecule has 0 atom stereocenters. The molecule has 0 fully saturated rings. The van der Waals surface area contributed by atoms with Gasteiger partial charge in [0.25, 0.3) is 0 Å². The molecule has 0 aromatic heterocycles. The van der Waals surface area contributed by atoms with Crippen LogP contribution in [0.25, 0.3) is 0 Å². The standard InChI is InChI=1S/C13H6N2.C2H6/c1-3-5-11-7-12(8-14)10(4-2)6-13(11)9-15;1-2/h2,6-7H,1H3;1-2H3. The maximum absolute atomic E-state index is 8.86. The van der Waals surface area contributed by atoms with Crippen LogP contribution >= 0.6 is 0 Å². The Morgan fingerprint density at radius 2 is 1.41 bits per heavy atom. The van der Waals surface area contributed by atoms with E-state index in [1.807, 2.05) is 26.0 Å². The number of rotatable bonds is 0. The van der Waals surface area contributed by atoms with Crippen LogP contribution in [0, 0.1) is 46.8 Å². The quantitative estimate of drug-likeness (QED) is 0.631. The first-order valence-electron chi connectivity index (χ1n) is 5.14. The Balaban J connectivity index is 0.00000121. The third-order valence-electron chi connectivity index (χ3n) is 1.81. The monoisotopic (exact) mass is 220 g/mol. The lowest BCUT2D eigenvalue weighted by Crippen LogP contribution is -1.91. The normalized spacial score (nSPS) is 7.06. The molecule has 1 rings (SSSR count). The molecule has 0 aliphatic rings. The van der Waals surface area contributed by atoms with Crippen molar-refractivity contribution < 1.29 is 0 Å². The first-order chi connectivity index (χ1) is 8.26. The summed E-state index contributed by atoms with van der Waals surface area (Å²) in [5.74, 6) is 7.81. The van der Waals surface area contributed by atoms with Crippen molar-refractivity contribution in [3.63, 3.8) is 0 Å². The molecule has 1 aromatic rings. The first kappa shape index (κ1) is 14.3. The van der Waals surface area contributed by atoms with E-state index in [0.29, 0.717) is 22.3 Å². The second-order valence-electron chi connectivity index (χ2n) is 2.69. The smallest absolute Gasteiger partial charge is 0.100 e. The Bertz CT molecular complexity index is 579. The number of nitrogens with zero attached hydrogens (tertiary/aromatic N) is 2. The summed E-state index contributed by atoms with van der Waals surface area (Å²) in [5.41, 5.74) is 1.73. The summed E-state index contributed by atoms with van der Waals surface area (Å²) in [7, 11) is 0. The molecule has 0 spiro atoms. The van der Waals surface area contributed by atoms with Gasteiger partial charge in [-0.25, -0.2) is 0 Å². The van der Waals surface area contributed by atoms with E-state index in [-0.39, 0.29) is 0 Å². The maximum atomic E-state index is 8.86. The fourth-order valence-corrected chi connectivity index (χ4v) is 1.14. The lowest BCUT2D eigenvalue weighted by Gasteiger charge is -1.99. The highest BCUT2D eigenvalue weighted by Gasteiger charge is 2.06. The molecule has 2 heteroatoms. The Kier molecular flexibility index (Phi) is 6.39. The van der Waals surface area contributed by atoms with E-state index in [2.05, 4.69) is 17.8 Å².